The first-order chi connectivity index (χ1) is 13.3. The zero-order valence-electron chi connectivity index (χ0n) is 16.6. The minimum Gasteiger partial charge on any atom is -0.316 e. The van der Waals surface area contributed by atoms with Gasteiger partial charge in [0, 0.05) is 17.4 Å². The van der Waals surface area contributed by atoms with Gasteiger partial charge in [0.2, 0.25) is 5.91 Å². The number of carbonyl (C=O) groups is 1. The summed E-state index contributed by atoms with van der Waals surface area (Å²) in [7, 11) is -3.04. The first-order valence-electron chi connectivity index (χ1n) is 10.2. The van der Waals surface area contributed by atoms with E-state index in [4.69, 9.17) is 0 Å². The topological polar surface area (TPSA) is 66.8 Å². The van der Waals surface area contributed by atoms with Crippen LogP contribution in [0.5, 0.6) is 0 Å². The van der Waals surface area contributed by atoms with Gasteiger partial charge in [-0.2, -0.15) is 4.99 Å². The summed E-state index contributed by atoms with van der Waals surface area (Å²) in [5.74, 6) is 0.887. The normalized spacial score (nSPS) is 28.2. The van der Waals surface area contributed by atoms with E-state index in [1.807, 2.05) is 17.0 Å². The highest BCUT2D eigenvalue weighted by atomic mass is 32.2. The SMILES string of the molecule is Cc1ccc(N2C(=NC(=O)CCC3CCCC3)SC3CS(=O)(=O)CC32)cc1C. The Kier molecular flexibility index (Phi) is 5.58. The fraction of sp³-hybridized carbons (Fsp3) is 0.619. The second kappa shape index (κ2) is 7.82. The second-order valence-corrected chi connectivity index (χ2v) is 11.8. The predicted molar refractivity (Wildman–Crippen MR) is 116 cm³/mol. The first kappa shape index (κ1) is 20.0. The van der Waals surface area contributed by atoms with Crippen LogP contribution in [-0.2, 0) is 14.6 Å². The van der Waals surface area contributed by atoms with Crippen LogP contribution >= 0.6 is 11.8 Å². The molecule has 152 valence electrons. The zero-order valence-corrected chi connectivity index (χ0v) is 18.2. The third-order valence-electron chi connectivity index (χ3n) is 6.30. The van der Waals surface area contributed by atoms with Gasteiger partial charge >= 0.3 is 0 Å². The summed E-state index contributed by atoms with van der Waals surface area (Å²) in [6.07, 6.45) is 6.43. The molecule has 1 aliphatic carbocycles. The third-order valence-corrected chi connectivity index (χ3v) is 9.51. The van der Waals surface area contributed by atoms with E-state index in [1.54, 1.807) is 0 Å². The highest BCUT2D eigenvalue weighted by Gasteiger charge is 2.49. The van der Waals surface area contributed by atoms with Crippen molar-refractivity contribution in [3.8, 4) is 0 Å². The van der Waals surface area contributed by atoms with Crippen LogP contribution < -0.4 is 4.90 Å². The number of hydrogen-bond acceptors (Lipinski definition) is 4. The Hall–Kier alpha value is -1.34. The van der Waals surface area contributed by atoms with Crippen molar-refractivity contribution in [3.05, 3.63) is 29.3 Å². The van der Waals surface area contributed by atoms with Gasteiger partial charge < -0.3 is 4.90 Å². The summed E-state index contributed by atoms with van der Waals surface area (Å²) in [6, 6.07) is 5.99. The molecule has 1 saturated carbocycles. The molecule has 0 N–H and O–H groups in total. The molecule has 1 aromatic carbocycles. The van der Waals surface area contributed by atoms with Gasteiger partial charge in [0.25, 0.3) is 0 Å². The number of sulfone groups is 1. The fourth-order valence-corrected chi connectivity index (χ4v) is 8.46. The van der Waals surface area contributed by atoms with Crippen molar-refractivity contribution >= 4 is 38.4 Å². The molecule has 2 heterocycles. The third kappa shape index (κ3) is 4.15. The highest BCUT2D eigenvalue weighted by molar-refractivity contribution is 8.16. The number of carbonyl (C=O) groups excluding carboxylic acids is 1. The molecule has 3 aliphatic rings. The van der Waals surface area contributed by atoms with Crippen molar-refractivity contribution in [1.82, 2.24) is 0 Å². The van der Waals surface area contributed by atoms with E-state index in [-0.39, 0.29) is 28.7 Å². The van der Waals surface area contributed by atoms with Crippen molar-refractivity contribution in [2.45, 2.75) is 63.7 Å². The monoisotopic (exact) mass is 420 g/mol. The van der Waals surface area contributed by atoms with Crippen LogP contribution in [0.2, 0.25) is 0 Å². The summed E-state index contributed by atoms with van der Waals surface area (Å²) in [5, 5.41) is 0.623. The van der Waals surface area contributed by atoms with Crippen LogP contribution in [0.1, 0.15) is 49.7 Å². The number of aliphatic imine (C=N–C) groups is 1. The van der Waals surface area contributed by atoms with Crippen molar-refractivity contribution in [1.29, 1.82) is 0 Å². The minimum absolute atomic E-state index is 0.0482. The summed E-state index contributed by atoms with van der Waals surface area (Å²) in [5.41, 5.74) is 3.28. The molecule has 0 radical (unpaired) electrons. The number of amidine groups is 1. The van der Waals surface area contributed by atoms with Crippen LogP contribution in [-0.4, -0.2) is 42.3 Å². The van der Waals surface area contributed by atoms with Crippen LogP contribution in [0.3, 0.4) is 0 Å². The summed E-state index contributed by atoms with van der Waals surface area (Å²) < 4.78 is 24.3. The van der Waals surface area contributed by atoms with Crippen LogP contribution in [0.4, 0.5) is 5.69 Å². The summed E-state index contributed by atoms with van der Waals surface area (Å²) in [6.45, 7) is 4.11. The molecule has 2 atom stereocenters. The lowest BCUT2D eigenvalue weighted by molar-refractivity contribution is -0.118. The van der Waals surface area contributed by atoms with Gasteiger partial charge in [0.1, 0.15) is 0 Å². The van der Waals surface area contributed by atoms with Crippen molar-refractivity contribution in [3.63, 3.8) is 0 Å². The van der Waals surface area contributed by atoms with Crippen LogP contribution in [0.15, 0.2) is 23.2 Å². The lowest BCUT2D eigenvalue weighted by atomic mass is 10.0. The molecule has 0 spiro atoms. The van der Waals surface area contributed by atoms with Gasteiger partial charge in [0.15, 0.2) is 15.0 Å². The quantitative estimate of drug-likeness (QED) is 0.740. The van der Waals surface area contributed by atoms with E-state index >= 15 is 0 Å². The summed E-state index contributed by atoms with van der Waals surface area (Å²) >= 11 is 1.46. The number of hydrogen-bond donors (Lipinski definition) is 0. The van der Waals surface area contributed by atoms with Crippen LogP contribution in [0, 0.1) is 19.8 Å². The molecule has 7 heteroatoms. The largest absolute Gasteiger partial charge is 0.316 e. The molecule has 2 saturated heterocycles. The molecule has 0 bridgehead atoms. The van der Waals surface area contributed by atoms with E-state index in [0.29, 0.717) is 17.5 Å². The van der Waals surface area contributed by atoms with E-state index < -0.39 is 9.84 Å². The molecular weight excluding hydrogens is 392 g/mol. The molecule has 2 unspecified atom stereocenters. The maximum Gasteiger partial charge on any atom is 0.248 e. The molecule has 3 fully saturated rings. The number of thioether (sulfide) groups is 1. The number of benzene rings is 1. The Morgan fingerprint density at radius 3 is 2.64 bits per heavy atom. The number of amides is 1. The average molecular weight is 421 g/mol. The number of fused-ring (bicyclic) bond motifs is 1. The maximum absolute atomic E-state index is 12.6. The number of aryl methyl sites for hydroxylation is 2. The maximum atomic E-state index is 12.6. The molecule has 1 aromatic rings. The molecule has 2 aliphatic heterocycles. The number of rotatable bonds is 4. The Labute approximate surface area is 171 Å². The molecule has 0 aromatic heterocycles. The molecule has 4 rings (SSSR count). The van der Waals surface area contributed by atoms with E-state index in [0.717, 1.165) is 17.7 Å². The first-order valence-corrected chi connectivity index (χ1v) is 12.9. The second-order valence-electron chi connectivity index (χ2n) is 8.42. The van der Waals surface area contributed by atoms with E-state index in [2.05, 4.69) is 24.9 Å². The van der Waals surface area contributed by atoms with E-state index in [9.17, 15) is 13.2 Å². The van der Waals surface area contributed by atoms with Crippen molar-refractivity contribution in [2.75, 3.05) is 16.4 Å². The molecule has 5 nitrogen and oxygen atoms in total. The Morgan fingerprint density at radius 2 is 1.93 bits per heavy atom. The molecule has 28 heavy (non-hydrogen) atoms. The zero-order chi connectivity index (χ0) is 19.9. The van der Waals surface area contributed by atoms with Gasteiger partial charge in [-0.15, -0.1) is 0 Å². The number of anilines is 1. The van der Waals surface area contributed by atoms with Gasteiger partial charge in [-0.05, 0) is 49.4 Å². The van der Waals surface area contributed by atoms with Gasteiger partial charge in [-0.1, -0.05) is 43.5 Å². The Balaban J connectivity index is 1.57. The lowest BCUT2D eigenvalue weighted by Crippen LogP contribution is -2.37. The van der Waals surface area contributed by atoms with Crippen molar-refractivity contribution in [2.24, 2.45) is 10.9 Å². The number of nitrogens with zero attached hydrogens (tertiary/aromatic N) is 2. The average Bonchev–Trinajstić information content (AvgIpc) is 3.30. The Bertz CT molecular complexity index is 904. The molecular formula is C21H28N2O3S2. The molecule has 1 amide bonds. The summed E-state index contributed by atoms with van der Waals surface area (Å²) in [4.78, 5) is 19.0. The van der Waals surface area contributed by atoms with Gasteiger partial charge in [0.05, 0.1) is 17.5 Å². The lowest BCUT2D eigenvalue weighted by Gasteiger charge is -2.25. The Morgan fingerprint density at radius 1 is 1.18 bits per heavy atom. The van der Waals surface area contributed by atoms with Crippen LogP contribution in [0.25, 0.3) is 0 Å². The van der Waals surface area contributed by atoms with Crippen molar-refractivity contribution < 1.29 is 13.2 Å². The predicted octanol–water partition coefficient (Wildman–Crippen LogP) is 3.88. The smallest absolute Gasteiger partial charge is 0.248 e. The standard InChI is InChI=1S/C21H28N2O3S2/c1-14-7-9-17(11-15(14)2)23-18-12-28(25,26)13-19(18)27-21(23)22-20(24)10-8-16-5-3-4-6-16/h7,9,11,16,18-19H,3-6,8,10,12-13H2,1-2H3. The fourth-order valence-electron chi connectivity index (χ4n) is 4.53. The highest BCUT2D eigenvalue weighted by Crippen LogP contribution is 2.41. The van der Waals surface area contributed by atoms with Gasteiger partial charge in [-0.25, -0.2) is 8.42 Å². The van der Waals surface area contributed by atoms with E-state index in [1.165, 1.54) is 43.0 Å². The minimum atomic E-state index is -3.04. The van der Waals surface area contributed by atoms with Gasteiger partial charge in [-0.3, -0.25) is 4.79 Å².